The van der Waals surface area contributed by atoms with Gasteiger partial charge in [0, 0.05) is 0 Å². The van der Waals surface area contributed by atoms with Crippen LogP contribution in [-0.4, -0.2) is 0 Å². The van der Waals surface area contributed by atoms with Crippen LogP contribution in [0.1, 0.15) is 30.5 Å². The highest BCUT2D eigenvalue weighted by atomic mass is 19.1. The number of aryl methyl sites for hydroxylation is 2. The van der Waals surface area contributed by atoms with Crippen LogP contribution in [0.5, 0.6) is 0 Å². The fraction of sp³-hybridized carbons (Fsp3) is 0.294. The predicted molar refractivity (Wildman–Crippen MR) is 75.5 cm³/mol. The molecule has 0 nitrogen and oxygen atoms in total. The second kappa shape index (κ2) is 4.56. The maximum Gasteiger partial charge on any atom is 0.130 e. The molecule has 0 N–H and O–H groups in total. The van der Waals surface area contributed by atoms with Crippen LogP contribution < -0.4 is 0 Å². The molecule has 0 bridgehead atoms. The summed E-state index contributed by atoms with van der Waals surface area (Å²) in [6, 6.07) is 14.1. The zero-order valence-electron chi connectivity index (χ0n) is 11.4. The third kappa shape index (κ3) is 2.61. The third-order valence-corrected chi connectivity index (χ3v) is 3.25. The first-order chi connectivity index (χ1) is 8.38. The fourth-order valence-corrected chi connectivity index (χ4v) is 2.10. The molecule has 0 heterocycles. The molecule has 0 fully saturated rings. The molecule has 2 aromatic rings. The highest BCUT2D eigenvalue weighted by Crippen LogP contribution is 2.30. The van der Waals surface area contributed by atoms with Crippen molar-refractivity contribution in [2.24, 2.45) is 0 Å². The Labute approximate surface area is 108 Å². The van der Waals surface area contributed by atoms with Crippen LogP contribution in [-0.2, 0) is 5.67 Å². The van der Waals surface area contributed by atoms with Gasteiger partial charge >= 0.3 is 0 Å². The summed E-state index contributed by atoms with van der Waals surface area (Å²) in [4.78, 5) is 0. The fourth-order valence-electron chi connectivity index (χ4n) is 2.10. The summed E-state index contributed by atoms with van der Waals surface area (Å²) in [6.07, 6.45) is 0. The van der Waals surface area contributed by atoms with E-state index >= 15 is 0 Å². The molecule has 0 unspecified atom stereocenters. The Bertz CT molecular complexity index is 562. The maximum absolute atomic E-state index is 14.0. The van der Waals surface area contributed by atoms with Crippen LogP contribution in [0, 0.1) is 13.8 Å². The van der Waals surface area contributed by atoms with Gasteiger partial charge in [0.2, 0.25) is 0 Å². The van der Waals surface area contributed by atoms with Crippen molar-refractivity contribution in [3.05, 3.63) is 59.2 Å². The molecule has 0 saturated heterocycles. The molecule has 0 atom stereocenters. The Balaban J connectivity index is 2.55. The van der Waals surface area contributed by atoms with Crippen LogP contribution in [0.2, 0.25) is 0 Å². The second-order valence-corrected chi connectivity index (χ2v) is 5.37. The van der Waals surface area contributed by atoms with E-state index in [9.17, 15) is 4.39 Å². The van der Waals surface area contributed by atoms with E-state index in [-0.39, 0.29) is 0 Å². The van der Waals surface area contributed by atoms with E-state index in [4.69, 9.17) is 0 Å². The van der Waals surface area contributed by atoms with Gasteiger partial charge in [-0.05, 0) is 56.0 Å². The van der Waals surface area contributed by atoms with Crippen molar-refractivity contribution in [1.82, 2.24) is 0 Å². The van der Waals surface area contributed by atoms with Gasteiger partial charge in [0.05, 0.1) is 0 Å². The Morgan fingerprint density at radius 2 is 1.67 bits per heavy atom. The van der Waals surface area contributed by atoms with Crippen LogP contribution in [0.25, 0.3) is 11.1 Å². The van der Waals surface area contributed by atoms with Gasteiger partial charge in [-0.15, -0.1) is 0 Å². The lowest BCUT2D eigenvalue weighted by molar-refractivity contribution is 0.221. The summed E-state index contributed by atoms with van der Waals surface area (Å²) < 4.78 is 14.0. The predicted octanol–water partition coefficient (Wildman–Crippen LogP) is 5.18. The van der Waals surface area contributed by atoms with Crippen molar-refractivity contribution in [3.8, 4) is 11.1 Å². The van der Waals surface area contributed by atoms with Gasteiger partial charge in [-0.25, -0.2) is 4.39 Å². The van der Waals surface area contributed by atoms with E-state index in [2.05, 4.69) is 32.0 Å². The Kier molecular flexibility index (Phi) is 3.25. The molecule has 0 aliphatic carbocycles. The van der Waals surface area contributed by atoms with Gasteiger partial charge in [-0.2, -0.15) is 0 Å². The van der Waals surface area contributed by atoms with Gasteiger partial charge in [0.15, 0.2) is 0 Å². The van der Waals surface area contributed by atoms with Gasteiger partial charge in [-0.3, -0.25) is 0 Å². The Hall–Kier alpha value is -1.63. The smallest absolute Gasteiger partial charge is 0.130 e. The number of hydrogen-bond donors (Lipinski definition) is 0. The molecule has 0 aliphatic heterocycles. The van der Waals surface area contributed by atoms with Crippen LogP contribution in [0.4, 0.5) is 4.39 Å². The molecule has 0 spiro atoms. The summed E-state index contributed by atoms with van der Waals surface area (Å²) in [5.41, 5.74) is 4.13. The van der Waals surface area contributed by atoms with E-state index in [1.807, 2.05) is 24.3 Å². The van der Waals surface area contributed by atoms with Crippen molar-refractivity contribution < 1.29 is 4.39 Å². The van der Waals surface area contributed by atoms with Crippen LogP contribution >= 0.6 is 0 Å². The molecule has 2 rings (SSSR count). The number of rotatable bonds is 2. The molecular weight excluding hydrogens is 223 g/mol. The minimum absolute atomic E-state index is 0.723. The summed E-state index contributed by atoms with van der Waals surface area (Å²) in [5.74, 6) is 0. The molecule has 0 aromatic heterocycles. The Morgan fingerprint density at radius 1 is 0.944 bits per heavy atom. The molecule has 2 aromatic carbocycles. The number of alkyl halides is 1. The molecule has 94 valence electrons. The molecule has 0 amide bonds. The summed E-state index contributed by atoms with van der Waals surface area (Å²) in [7, 11) is 0. The lowest BCUT2D eigenvalue weighted by Gasteiger charge is -2.16. The van der Waals surface area contributed by atoms with Gasteiger partial charge in [0.1, 0.15) is 5.67 Å². The maximum atomic E-state index is 14.0. The van der Waals surface area contributed by atoms with E-state index < -0.39 is 5.67 Å². The molecule has 1 heteroatoms. The standard InChI is InChI=1S/C17H19F/c1-12-8-9-13(2)16(10-12)14-6-5-7-15(11-14)17(3,4)18/h5-11H,1-4H3. The van der Waals surface area contributed by atoms with Crippen LogP contribution in [0.15, 0.2) is 42.5 Å². The summed E-state index contributed by atoms with van der Waals surface area (Å²) in [6.45, 7) is 7.35. The zero-order valence-corrected chi connectivity index (χ0v) is 11.4. The van der Waals surface area contributed by atoms with Crippen molar-refractivity contribution in [1.29, 1.82) is 0 Å². The number of halogens is 1. The first-order valence-electron chi connectivity index (χ1n) is 6.25. The quantitative estimate of drug-likeness (QED) is 0.681. The molecule has 0 saturated carbocycles. The van der Waals surface area contributed by atoms with Crippen LogP contribution in [0.3, 0.4) is 0 Å². The average molecular weight is 242 g/mol. The van der Waals surface area contributed by atoms with Crippen molar-refractivity contribution >= 4 is 0 Å². The first-order valence-corrected chi connectivity index (χ1v) is 6.25. The summed E-state index contributed by atoms with van der Waals surface area (Å²) in [5, 5.41) is 0. The van der Waals surface area contributed by atoms with E-state index in [0.29, 0.717) is 0 Å². The van der Waals surface area contributed by atoms with E-state index in [1.54, 1.807) is 13.8 Å². The highest BCUT2D eigenvalue weighted by Gasteiger charge is 2.19. The highest BCUT2D eigenvalue weighted by molar-refractivity contribution is 5.68. The molecule has 0 aliphatic rings. The van der Waals surface area contributed by atoms with Crippen molar-refractivity contribution in [3.63, 3.8) is 0 Å². The largest absolute Gasteiger partial charge is 0.239 e. The lowest BCUT2D eigenvalue weighted by atomic mass is 9.93. The van der Waals surface area contributed by atoms with Crippen molar-refractivity contribution in [2.45, 2.75) is 33.4 Å². The van der Waals surface area contributed by atoms with E-state index in [1.165, 1.54) is 16.7 Å². The Morgan fingerprint density at radius 3 is 2.33 bits per heavy atom. The van der Waals surface area contributed by atoms with Gasteiger partial charge in [0.25, 0.3) is 0 Å². The molecule has 0 radical (unpaired) electrons. The number of benzene rings is 2. The SMILES string of the molecule is Cc1ccc(C)c(-c2cccc(C(C)(C)F)c2)c1. The lowest BCUT2D eigenvalue weighted by Crippen LogP contribution is -2.08. The average Bonchev–Trinajstić information content (AvgIpc) is 2.31. The minimum Gasteiger partial charge on any atom is -0.239 e. The number of hydrogen-bond acceptors (Lipinski definition) is 0. The molecular formula is C17H19F. The van der Waals surface area contributed by atoms with Gasteiger partial charge in [-0.1, -0.05) is 42.0 Å². The summed E-state index contributed by atoms with van der Waals surface area (Å²) >= 11 is 0. The molecule has 18 heavy (non-hydrogen) atoms. The monoisotopic (exact) mass is 242 g/mol. The zero-order chi connectivity index (χ0) is 13.3. The minimum atomic E-state index is -1.30. The first kappa shape index (κ1) is 12.8. The normalized spacial score (nSPS) is 11.6. The van der Waals surface area contributed by atoms with Gasteiger partial charge < -0.3 is 0 Å². The second-order valence-electron chi connectivity index (χ2n) is 5.37. The van der Waals surface area contributed by atoms with E-state index in [0.717, 1.165) is 11.1 Å². The van der Waals surface area contributed by atoms with Crippen molar-refractivity contribution in [2.75, 3.05) is 0 Å². The topological polar surface area (TPSA) is 0 Å². The third-order valence-electron chi connectivity index (χ3n) is 3.25.